The number of fused-ring (bicyclic) bond motifs is 1. The number of unbranched alkanes of at least 4 members (excludes halogenated alkanes) is 1. The molecule has 21 heavy (non-hydrogen) atoms. The zero-order valence-electron chi connectivity index (χ0n) is 12.8. The van der Waals surface area contributed by atoms with E-state index in [0.29, 0.717) is 4.83 Å². The first-order valence-corrected chi connectivity index (χ1v) is 8.50. The molecule has 0 fully saturated rings. The fraction of sp³-hybridized carbons (Fsp3) is 0.444. The second-order valence-electron chi connectivity index (χ2n) is 5.16. The third kappa shape index (κ3) is 4.37. The van der Waals surface area contributed by atoms with E-state index in [-0.39, 0.29) is 0 Å². The van der Waals surface area contributed by atoms with Crippen LogP contribution in [0.2, 0.25) is 0 Å². The van der Waals surface area contributed by atoms with Crippen LogP contribution in [-0.4, -0.2) is 18.5 Å². The van der Waals surface area contributed by atoms with E-state index in [2.05, 4.69) is 35.0 Å². The number of alkyl halides is 1. The topological polar surface area (TPSA) is 18.5 Å². The Morgan fingerprint density at radius 3 is 2.33 bits per heavy atom. The molecule has 0 saturated carbocycles. The molecule has 0 aliphatic carbocycles. The van der Waals surface area contributed by atoms with Crippen LogP contribution in [0.15, 0.2) is 36.4 Å². The molecule has 114 valence electrons. The van der Waals surface area contributed by atoms with Gasteiger partial charge < -0.3 is 9.47 Å². The molecular weight excluding hydrogens is 328 g/mol. The highest BCUT2D eigenvalue weighted by atomic mass is 79.9. The van der Waals surface area contributed by atoms with Crippen molar-refractivity contribution in [3.63, 3.8) is 0 Å². The average Bonchev–Trinajstić information content (AvgIpc) is 2.54. The molecule has 0 radical (unpaired) electrons. The summed E-state index contributed by atoms with van der Waals surface area (Å²) in [6, 6.07) is 12.2. The van der Waals surface area contributed by atoms with Crippen LogP contribution in [0.5, 0.6) is 11.5 Å². The van der Waals surface area contributed by atoms with Gasteiger partial charge in [-0.1, -0.05) is 47.1 Å². The van der Waals surface area contributed by atoms with Crippen LogP contribution in [0.4, 0.5) is 0 Å². The second kappa shape index (κ2) is 8.28. The summed E-state index contributed by atoms with van der Waals surface area (Å²) in [4.78, 5) is 0.638. The third-order valence-electron chi connectivity index (χ3n) is 3.68. The summed E-state index contributed by atoms with van der Waals surface area (Å²) in [5.74, 6) is 1.83. The van der Waals surface area contributed by atoms with E-state index < -0.39 is 0 Å². The van der Waals surface area contributed by atoms with E-state index in [4.69, 9.17) is 9.47 Å². The molecule has 1 atom stereocenters. The number of ether oxygens (including phenoxy) is 2. The number of methoxy groups -OCH3 is 1. The van der Waals surface area contributed by atoms with E-state index >= 15 is 0 Å². The monoisotopic (exact) mass is 350 g/mol. The Bertz CT molecular complexity index is 568. The smallest absolute Gasteiger partial charge is 0.127 e. The number of halogens is 1. The van der Waals surface area contributed by atoms with Gasteiger partial charge in [-0.25, -0.2) is 0 Å². The minimum absolute atomic E-state index is 0.638. The normalized spacial score (nSPS) is 12.3. The van der Waals surface area contributed by atoms with Crippen molar-refractivity contribution in [2.75, 3.05) is 13.7 Å². The van der Waals surface area contributed by atoms with Crippen molar-refractivity contribution in [2.24, 2.45) is 0 Å². The molecule has 0 bridgehead atoms. The lowest BCUT2D eigenvalue weighted by Gasteiger charge is -2.12. The fourth-order valence-corrected chi connectivity index (χ4v) is 2.73. The molecule has 0 heterocycles. The second-order valence-corrected chi connectivity index (χ2v) is 6.46. The SMILES string of the molecule is CCC(Br)CCCCOc1ccc(OC)c2ccccc12. The van der Waals surface area contributed by atoms with E-state index in [0.717, 1.165) is 35.3 Å². The Hall–Kier alpha value is -1.22. The van der Waals surface area contributed by atoms with Crippen LogP contribution >= 0.6 is 15.9 Å². The molecule has 0 amide bonds. The summed E-state index contributed by atoms with van der Waals surface area (Å²) in [6.45, 7) is 2.97. The van der Waals surface area contributed by atoms with Crippen LogP contribution < -0.4 is 9.47 Å². The third-order valence-corrected chi connectivity index (χ3v) is 4.78. The van der Waals surface area contributed by atoms with Crippen molar-refractivity contribution in [3.05, 3.63) is 36.4 Å². The standard InChI is InChI=1S/C18H23BrO2/c1-3-14(19)8-6-7-13-21-18-12-11-17(20-2)15-9-4-5-10-16(15)18/h4-5,9-12,14H,3,6-8,13H2,1-2H3. The van der Waals surface area contributed by atoms with Gasteiger partial charge in [0, 0.05) is 15.6 Å². The molecule has 2 rings (SSSR count). The molecular formula is C18H23BrO2. The summed E-state index contributed by atoms with van der Waals surface area (Å²) in [5, 5.41) is 2.22. The van der Waals surface area contributed by atoms with Crippen molar-refractivity contribution >= 4 is 26.7 Å². The van der Waals surface area contributed by atoms with Gasteiger partial charge in [0.2, 0.25) is 0 Å². The molecule has 0 aromatic heterocycles. The Morgan fingerprint density at radius 2 is 1.67 bits per heavy atom. The molecule has 3 heteroatoms. The predicted octanol–water partition coefficient (Wildman–Crippen LogP) is 5.57. The lowest BCUT2D eigenvalue weighted by Crippen LogP contribution is -2.01. The van der Waals surface area contributed by atoms with E-state index in [9.17, 15) is 0 Å². The van der Waals surface area contributed by atoms with E-state index in [1.54, 1.807) is 7.11 Å². The van der Waals surface area contributed by atoms with Crippen molar-refractivity contribution in [1.82, 2.24) is 0 Å². The van der Waals surface area contributed by atoms with Gasteiger partial charge in [-0.3, -0.25) is 0 Å². The van der Waals surface area contributed by atoms with Gasteiger partial charge >= 0.3 is 0 Å². The first kappa shape index (κ1) is 16.2. The first-order chi connectivity index (χ1) is 10.3. The molecule has 0 N–H and O–H groups in total. The molecule has 2 aromatic rings. The van der Waals surface area contributed by atoms with Gasteiger partial charge in [0.25, 0.3) is 0 Å². The zero-order chi connectivity index (χ0) is 15.1. The van der Waals surface area contributed by atoms with Crippen molar-refractivity contribution in [3.8, 4) is 11.5 Å². The average molecular weight is 351 g/mol. The van der Waals surface area contributed by atoms with Crippen LogP contribution in [0.3, 0.4) is 0 Å². The maximum absolute atomic E-state index is 5.96. The van der Waals surface area contributed by atoms with Crippen LogP contribution in [0.25, 0.3) is 10.8 Å². The Morgan fingerprint density at radius 1 is 1.00 bits per heavy atom. The summed E-state index contributed by atoms with van der Waals surface area (Å²) in [7, 11) is 1.70. The fourth-order valence-electron chi connectivity index (χ4n) is 2.40. The maximum atomic E-state index is 5.96. The lowest BCUT2D eigenvalue weighted by molar-refractivity contribution is 0.308. The highest BCUT2D eigenvalue weighted by Gasteiger charge is 2.07. The summed E-state index contributed by atoms with van der Waals surface area (Å²) >= 11 is 3.67. The molecule has 1 unspecified atom stereocenters. The summed E-state index contributed by atoms with van der Waals surface area (Å²) in [6.07, 6.45) is 4.67. The highest BCUT2D eigenvalue weighted by Crippen LogP contribution is 2.32. The Labute approximate surface area is 135 Å². The summed E-state index contributed by atoms with van der Waals surface area (Å²) in [5.41, 5.74) is 0. The Kier molecular flexibility index (Phi) is 6.37. The van der Waals surface area contributed by atoms with Gasteiger partial charge in [0.15, 0.2) is 0 Å². The number of benzene rings is 2. The molecule has 0 spiro atoms. The van der Waals surface area contributed by atoms with E-state index in [1.165, 1.54) is 19.3 Å². The first-order valence-electron chi connectivity index (χ1n) is 7.59. The van der Waals surface area contributed by atoms with Gasteiger partial charge in [-0.05, 0) is 37.8 Å². The minimum atomic E-state index is 0.638. The molecule has 0 aliphatic rings. The van der Waals surface area contributed by atoms with Crippen molar-refractivity contribution < 1.29 is 9.47 Å². The highest BCUT2D eigenvalue weighted by molar-refractivity contribution is 9.09. The van der Waals surface area contributed by atoms with Gasteiger partial charge in [0.1, 0.15) is 11.5 Å². The summed E-state index contributed by atoms with van der Waals surface area (Å²) < 4.78 is 11.4. The van der Waals surface area contributed by atoms with Crippen molar-refractivity contribution in [2.45, 2.75) is 37.4 Å². The molecule has 2 nitrogen and oxygen atoms in total. The molecule has 2 aromatic carbocycles. The minimum Gasteiger partial charge on any atom is -0.496 e. The lowest BCUT2D eigenvalue weighted by atomic mass is 10.1. The molecule has 0 aliphatic heterocycles. The molecule has 0 saturated heterocycles. The van der Waals surface area contributed by atoms with Gasteiger partial charge in [-0.2, -0.15) is 0 Å². The van der Waals surface area contributed by atoms with Crippen LogP contribution in [0, 0.1) is 0 Å². The number of hydrogen-bond acceptors (Lipinski definition) is 2. The quantitative estimate of drug-likeness (QED) is 0.457. The largest absolute Gasteiger partial charge is 0.496 e. The van der Waals surface area contributed by atoms with Gasteiger partial charge in [-0.15, -0.1) is 0 Å². The van der Waals surface area contributed by atoms with Crippen molar-refractivity contribution in [1.29, 1.82) is 0 Å². The number of rotatable bonds is 8. The van der Waals surface area contributed by atoms with Crippen LogP contribution in [0.1, 0.15) is 32.6 Å². The van der Waals surface area contributed by atoms with E-state index in [1.807, 2.05) is 24.3 Å². The van der Waals surface area contributed by atoms with Gasteiger partial charge in [0.05, 0.1) is 13.7 Å². The Balaban J connectivity index is 1.96. The zero-order valence-corrected chi connectivity index (χ0v) is 14.4. The number of hydrogen-bond donors (Lipinski definition) is 0. The predicted molar refractivity (Wildman–Crippen MR) is 92.9 cm³/mol. The van der Waals surface area contributed by atoms with Crippen LogP contribution in [-0.2, 0) is 0 Å². The maximum Gasteiger partial charge on any atom is 0.127 e.